The van der Waals surface area contributed by atoms with E-state index in [1.165, 1.54) is 18.3 Å². The largest absolute Gasteiger partial charge is 0.489 e. The molecule has 6 nitrogen and oxygen atoms in total. The van der Waals surface area contributed by atoms with Crippen molar-refractivity contribution in [3.8, 4) is 17.0 Å². The molecule has 0 atom stereocenters. The molecular weight excluding hydrogens is 349 g/mol. The average Bonchev–Trinajstić information content (AvgIpc) is 3.11. The van der Waals surface area contributed by atoms with Gasteiger partial charge in [0.2, 0.25) is 0 Å². The molecule has 0 aliphatic rings. The Balaban J connectivity index is 1.52. The van der Waals surface area contributed by atoms with Gasteiger partial charge in [-0.05, 0) is 36.4 Å². The number of fused-ring (bicyclic) bond motifs is 1. The van der Waals surface area contributed by atoms with Crippen molar-refractivity contribution in [1.29, 1.82) is 0 Å². The van der Waals surface area contributed by atoms with Crippen LogP contribution in [0, 0.1) is 15.9 Å². The number of imidazole rings is 1. The van der Waals surface area contributed by atoms with E-state index in [2.05, 4.69) is 4.98 Å². The highest BCUT2D eigenvalue weighted by Crippen LogP contribution is 2.24. The second-order valence-corrected chi connectivity index (χ2v) is 5.94. The number of nitro groups is 1. The number of nitrogens with zero attached hydrogens (tertiary/aromatic N) is 3. The van der Waals surface area contributed by atoms with E-state index in [1.807, 2.05) is 12.1 Å². The summed E-state index contributed by atoms with van der Waals surface area (Å²) < 4.78 is 20.9. The van der Waals surface area contributed by atoms with E-state index in [0.29, 0.717) is 22.7 Å². The molecule has 0 aliphatic carbocycles. The lowest BCUT2D eigenvalue weighted by Gasteiger charge is -2.07. The van der Waals surface area contributed by atoms with E-state index < -0.39 is 4.92 Å². The molecule has 0 fully saturated rings. The van der Waals surface area contributed by atoms with Crippen LogP contribution in [0.3, 0.4) is 0 Å². The first kappa shape index (κ1) is 16.7. The van der Waals surface area contributed by atoms with Gasteiger partial charge in [0.15, 0.2) is 0 Å². The first-order valence-electron chi connectivity index (χ1n) is 8.20. The molecule has 0 unspecified atom stereocenters. The molecule has 0 aliphatic heterocycles. The fourth-order valence-corrected chi connectivity index (χ4v) is 2.73. The van der Waals surface area contributed by atoms with Crippen molar-refractivity contribution in [3.63, 3.8) is 0 Å². The normalized spacial score (nSPS) is 10.9. The van der Waals surface area contributed by atoms with Gasteiger partial charge in [0.05, 0.1) is 16.8 Å². The lowest BCUT2D eigenvalue weighted by molar-refractivity contribution is -0.385. The second kappa shape index (κ2) is 6.87. The number of hydrogen-bond acceptors (Lipinski definition) is 4. The predicted octanol–water partition coefficient (Wildman–Crippen LogP) is 4.63. The number of benzene rings is 2. The van der Waals surface area contributed by atoms with Crippen molar-refractivity contribution in [2.24, 2.45) is 0 Å². The molecule has 0 spiro atoms. The van der Waals surface area contributed by atoms with Crippen LogP contribution in [0.1, 0.15) is 5.56 Å². The smallest absolute Gasteiger partial charge is 0.286 e. The minimum Gasteiger partial charge on any atom is -0.489 e. The predicted molar refractivity (Wildman–Crippen MR) is 98.0 cm³/mol. The number of aromatic nitrogens is 2. The quantitative estimate of drug-likeness (QED) is 0.383. The Hall–Kier alpha value is -3.74. The summed E-state index contributed by atoms with van der Waals surface area (Å²) in [6.45, 7) is 0.143. The van der Waals surface area contributed by atoms with E-state index >= 15 is 0 Å². The molecule has 4 aromatic rings. The Morgan fingerprint density at radius 1 is 1.04 bits per heavy atom. The van der Waals surface area contributed by atoms with Crippen molar-refractivity contribution < 1.29 is 14.1 Å². The fourth-order valence-electron chi connectivity index (χ4n) is 2.73. The maximum absolute atomic E-state index is 13.6. The molecule has 0 amide bonds. The van der Waals surface area contributed by atoms with Gasteiger partial charge in [-0.15, -0.1) is 0 Å². The van der Waals surface area contributed by atoms with Gasteiger partial charge in [-0.2, -0.15) is 0 Å². The first-order chi connectivity index (χ1) is 13.1. The second-order valence-electron chi connectivity index (χ2n) is 5.94. The fraction of sp³-hybridized carbons (Fsp3) is 0.0500. The highest BCUT2D eigenvalue weighted by molar-refractivity contribution is 5.63. The van der Waals surface area contributed by atoms with Gasteiger partial charge in [-0.3, -0.25) is 14.5 Å². The third-order valence-corrected chi connectivity index (χ3v) is 4.15. The summed E-state index contributed by atoms with van der Waals surface area (Å²) in [5, 5.41) is 10.9. The summed E-state index contributed by atoms with van der Waals surface area (Å²) >= 11 is 0. The Morgan fingerprint density at radius 3 is 2.56 bits per heavy atom. The van der Waals surface area contributed by atoms with Gasteiger partial charge >= 0.3 is 0 Å². The van der Waals surface area contributed by atoms with Crippen LogP contribution in [0.15, 0.2) is 73.1 Å². The number of rotatable bonds is 5. The number of pyridine rings is 1. The minimum atomic E-state index is -0.444. The monoisotopic (exact) mass is 363 g/mol. The van der Waals surface area contributed by atoms with Crippen LogP contribution in [0.25, 0.3) is 16.9 Å². The van der Waals surface area contributed by atoms with Gasteiger partial charge in [0, 0.05) is 23.4 Å². The van der Waals surface area contributed by atoms with E-state index in [1.54, 1.807) is 47.0 Å². The molecule has 0 saturated carbocycles. The van der Waals surface area contributed by atoms with Crippen LogP contribution < -0.4 is 4.74 Å². The number of ether oxygens (including phenoxy) is 1. The minimum absolute atomic E-state index is 0.00309. The van der Waals surface area contributed by atoms with Crippen molar-refractivity contribution in [2.45, 2.75) is 6.61 Å². The van der Waals surface area contributed by atoms with E-state index in [9.17, 15) is 14.5 Å². The molecule has 7 heteroatoms. The molecule has 2 aromatic carbocycles. The molecule has 4 rings (SSSR count). The summed E-state index contributed by atoms with van der Waals surface area (Å²) in [5.41, 5.74) is 2.65. The third kappa shape index (κ3) is 3.48. The first-order valence-corrected chi connectivity index (χ1v) is 8.20. The van der Waals surface area contributed by atoms with Crippen molar-refractivity contribution in [3.05, 3.63) is 94.6 Å². The molecular formula is C20H14FN3O3. The Kier molecular flexibility index (Phi) is 4.25. The Labute approximate surface area is 153 Å². The average molecular weight is 363 g/mol. The highest BCUT2D eigenvalue weighted by atomic mass is 19.1. The number of hydrogen-bond donors (Lipinski definition) is 0. The molecule has 2 heterocycles. The zero-order valence-electron chi connectivity index (χ0n) is 14.1. The molecule has 2 aromatic heterocycles. The van der Waals surface area contributed by atoms with Gasteiger partial charge in [-0.1, -0.05) is 18.2 Å². The molecule has 0 N–H and O–H groups in total. The summed E-state index contributed by atoms with van der Waals surface area (Å²) in [7, 11) is 0. The van der Waals surface area contributed by atoms with Crippen LogP contribution >= 0.6 is 0 Å². The molecule has 27 heavy (non-hydrogen) atoms. The third-order valence-electron chi connectivity index (χ3n) is 4.15. The van der Waals surface area contributed by atoms with E-state index in [0.717, 1.165) is 5.56 Å². The van der Waals surface area contributed by atoms with Crippen LogP contribution in [0.5, 0.6) is 5.75 Å². The van der Waals surface area contributed by atoms with Gasteiger partial charge in [0.25, 0.3) is 5.69 Å². The summed E-state index contributed by atoms with van der Waals surface area (Å²) in [6.07, 6.45) is 3.16. The van der Waals surface area contributed by atoms with Crippen molar-refractivity contribution in [1.82, 2.24) is 9.38 Å². The SMILES string of the molecule is O=[N+]([O-])c1ccc2nc(-c3ccc(OCc4ccccc4F)cc3)cn2c1. The highest BCUT2D eigenvalue weighted by Gasteiger charge is 2.10. The maximum Gasteiger partial charge on any atom is 0.286 e. The zero-order valence-corrected chi connectivity index (χ0v) is 14.1. The summed E-state index contributed by atoms with van der Waals surface area (Å²) in [5.74, 6) is 0.314. The van der Waals surface area contributed by atoms with Crippen LogP contribution in [0.4, 0.5) is 10.1 Å². The summed E-state index contributed by atoms with van der Waals surface area (Å²) in [6, 6.07) is 16.7. The maximum atomic E-state index is 13.6. The lowest BCUT2D eigenvalue weighted by Crippen LogP contribution is -1.98. The Morgan fingerprint density at radius 2 is 1.81 bits per heavy atom. The lowest BCUT2D eigenvalue weighted by atomic mass is 10.1. The summed E-state index contributed by atoms with van der Waals surface area (Å²) in [4.78, 5) is 14.9. The Bertz CT molecular complexity index is 1120. The molecule has 0 bridgehead atoms. The van der Waals surface area contributed by atoms with Crippen molar-refractivity contribution in [2.75, 3.05) is 0 Å². The van der Waals surface area contributed by atoms with Crippen molar-refractivity contribution >= 4 is 11.3 Å². The van der Waals surface area contributed by atoms with E-state index in [4.69, 9.17) is 4.74 Å². The van der Waals surface area contributed by atoms with Crippen LogP contribution in [-0.2, 0) is 6.61 Å². The number of halogens is 1. The van der Waals surface area contributed by atoms with Gasteiger partial charge < -0.3 is 4.74 Å². The standard InChI is InChI=1S/C20H14FN3O3/c21-18-4-2-1-3-15(18)13-27-17-8-5-14(6-9-17)19-12-23-11-16(24(25)26)7-10-20(23)22-19/h1-12H,13H2. The zero-order chi connectivity index (χ0) is 18.8. The van der Waals surface area contributed by atoms with Gasteiger partial charge in [0.1, 0.15) is 23.8 Å². The van der Waals surface area contributed by atoms with Gasteiger partial charge in [-0.25, -0.2) is 9.37 Å². The molecule has 0 saturated heterocycles. The van der Waals surface area contributed by atoms with Crippen LogP contribution in [0.2, 0.25) is 0 Å². The van der Waals surface area contributed by atoms with E-state index in [-0.39, 0.29) is 18.1 Å². The molecule has 0 radical (unpaired) electrons. The van der Waals surface area contributed by atoms with Crippen LogP contribution in [-0.4, -0.2) is 14.3 Å². The molecule has 134 valence electrons. The topological polar surface area (TPSA) is 69.7 Å².